The molecule has 0 aliphatic rings. The van der Waals surface area contributed by atoms with Crippen LogP contribution in [0.1, 0.15) is 0 Å². The first-order valence-corrected chi connectivity index (χ1v) is 5.72. The van der Waals surface area contributed by atoms with E-state index in [9.17, 15) is 0 Å². The van der Waals surface area contributed by atoms with Crippen LogP contribution in [0.4, 0.5) is 0 Å². The van der Waals surface area contributed by atoms with Gasteiger partial charge in [-0.1, -0.05) is 0 Å². The van der Waals surface area contributed by atoms with Gasteiger partial charge in [-0.3, -0.25) is 0 Å². The van der Waals surface area contributed by atoms with Crippen molar-refractivity contribution in [3.05, 3.63) is 0 Å². The molecule has 0 N–H and O–H groups in total. The van der Waals surface area contributed by atoms with Crippen molar-refractivity contribution in [1.29, 1.82) is 0 Å². The summed E-state index contributed by atoms with van der Waals surface area (Å²) in [6, 6.07) is 0. The normalized spacial score (nSPS) is 12.5. The van der Waals surface area contributed by atoms with E-state index in [1.807, 2.05) is 0 Å². The molecule has 0 fully saturated rings. The maximum atomic E-state index is 2.30. The maximum absolute atomic E-state index is 2.30. The molecule has 2 heteroatoms. The van der Waals surface area contributed by atoms with Crippen LogP contribution >= 0.6 is 0 Å². The van der Waals surface area contributed by atoms with Crippen LogP contribution in [-0.2, 0) is 16.2 Å². The molecule has 0 amide bonds. The SMILES string of the molecule is C[N](C)[Rh]([CH3])[CH3]. The Morgan fingerprint density at radius 2 is 1.33 bits per heavy atom. The van der Waals surface area contributed by atoms with E-state index < -0.39 is 0 Å². The first-order valence-electron chi connectivity index (χ1n) is 1.71. The molecule has 6 heavy (non-hydrogen) atoms. The Hall–Kier alpha value is 0.583. The van der Waals surface area contributed by atoms with Crippen molar-refractivity contribution in [3.63, 3.8) is 0 Å². The Morgan fingerprint density at radius 3 is 1.33 bits per heavy atom. The summed E-state index contributed by atoms with van der Waals surface area (Å²) in [5.41, 5.74) is 4.59. The van der Waals surface area contributed by atoms with Crippen molar-refractivity contribution < 1.29 is 16.2 Å². The van der Waals surface area contributed by atoms with Crippen LogP contribution in [0.3, 0.4) is 0 Å². The molecule has 0 bridgehead atoms. The second kappa shape index (κ2) is 2.71. The van der Waals surface area contributed by atoms with Gasteiger partial charge in [-0.2, -0.15) is 0 Å². The second-order valence-corrected chi connectivity index (χ2v) is 5.95. The van der Waals surface area contributed by atoms with Crippen molar-refractivity contribution in [3.8, 4) is 0 Å². The van der Waals surface area contributed by atoms with Gasteiger partial charge >= 0.3 is 45.0 Å². The summed E-state index contributed by atoms with van der Waals surface area (Å²) in [6.45, 7) is 0. The number of nitrogens with zero attached hydrogens (tertiary/aromatic N) is 1. The predicted molar refractivity (Wildman–Crippen MR) is 25.4 cm³/mol. The predicted octanol–water partition coefficient (Wildman–Crippen LogP) is 1.18. The average Bonchev–Trinajstić information content (AvgIpc) is 1.36. The number of rotatable bonds is 1. The van der Waals surface area contributed by atoms with Crippen LogP contribution in [0.25, 0.3) is 0 Å². The second-order valence-electron chi connectivity index (χ2n) is 1.38. The summed E-state index contributed by atoms with van der Waals surface area (Å²) in [6.07, 6.45) is 0. The molecule has 0 saturated carbocycles. The summed E-state index contributed by atoms with van der Waals surface area (Å²) in [5.74, 6) is 0. The van der Waals surface area contributed by atoms with Crippen LogP contribution in [0.2, 0.25) is 11.0 Å². The first kappa shape index (κ1) is 6.58. The fraction of sp³-hybridized carbons (Fsp3) is 1.00. The third-order valence-corrected chi connectivity index (χ3v) is 3.53. The molecule has 0 rings (SSSR count). The van der Waals surface area contributed by atoms with Gasteiger partial charge in [0.15, 0.2) is 0 Å². The summed E-state index contributed by atoms with van der Waals surface area (Å²) < 4.78 is 2.30. The monoisotopic (exact) mass is 177 g/mol. The Bertz CT molecular complexity index is 28.5. The third-order valence-electron chi connectivity index (χ3n) is 0.596. The molecule has 0 aliphatic carbocycles. The van der Waals surface area contributed by atoms with E-state index in [4.69, 9.17) is 0 Å². The third kappa shape index (κ3) is 2.80. The Balaban J connectivity index is 2.99. The number of hydrogen-bond donors (Lipinski definition) is 0. The van der Waals surface area contributed by atoms with Gasteiger partial charge in [0, 0.05) is 0 Å². The quantitative estimate of drug-likeness (QED) is 0.543. The van der Waals surface area contributed by atoms with E-state index in [0.717, 1.165) is 0 Å². The van der Waals surface area contributed by atoms with Gasteiger partial charge in [0.1, 0.15) is 0 Å². The minimum atomic E-state index is -0.340. The van der Waals surface area contributed by atoms with Crippen molar-refractivity contribution in [2.45, 2.75) is 11.0 Å². The summed E-state index contributed by atoms with van der Waals surface area (Å²) in [7, 11) is 4.26. The van der Waals surface area contributed by atoms with E-state index in [1.165, 1.54) is 0 Å². The van der Waals surface area contributed by atoms with E-state index in [0.29, 0.717) is 0 Å². The van der Waals surface area contributed by atoms with E-state index in [2.05, 4.69) is 28.8 Å². The van der Waals surface area contributed by atoms with Crippen molar-refractivity contribution in [2.75, 3.05) is 14.1 Å². The molecular weight excluding hydrogens is 165 g/mol. The van der Waals surface area contributed by atoms with Gasteiger partial charge in [-0.25, -0.2) is 0 Å². The van der Waals surface area contributed by atoms with E-state index in [1.54, 1.807) is 0 Å². The minimum absolute atomic E-state index is 0.340. The fourth-order valence-electron chi connectivity index (χ4n) is 0. The van der Waals surface area contributed by atoms with Crippen molar-refractivity contribution in [2.24, 2.45) is 0 Å². The molecule has 0 aromatic rings. The van der Waals surface area contributed by atoms with E-state index in [-0.39, 0.29) is 16.2 Å². The molecule has 0 radical (unpaired) electrons. The van der Waals surface area contributed by atoms with Crippen LogP contribution in [-0.4, -0.2) is 17.7 Å². The zero-order chi connectivity index (χ0) is 5.15. The Labute approximate surface area is 45.5 Å². The van der Waals surface area contributed by atoms with Crippen LogP contribution in [0.5, 0.6) is 0 Å². The standard InChI is InChI=1S/C2H6N.2CH3.Rh/c1-3-2;;;/h1-2H3;2*1H3;/q-1;;;+1. The summed E-state index contributed by atoms with van der Waals surface area (Å²) in [5, 5.41) is 0. The molecule has 0 aromatic heterocycles. The van der Waals surface area contributed by atoms with Crippen LogP contribution < -0.4 is 0 Å². The summed E-state index contributed by atoms with van der Waals surface area (Å²) in [4.78, 5) is 0. The van der Waals surface area contributed by atoms with Gasteiger partial charge in [0.05, 0.1) is 0 Å². The summed E-state index contributed by atoms with van der Waals surface area (Å²) >= 11 is -0.340. The van der Waals surface area contributed by atoms with Crippen molar-refractivity contribution in [1.82, 2.24) is 3.64 Å². The first-order chi connectivity index (χ1) is 2.64. The fourth-order valence-corrected chi connectivity index (χ4v) is 0. The molecule has 0 unspecified atom stereocenters. The van der Waals surface area contributed by atoms with Gasteiger partial charge in [-0.05, 0) is 0 Å². The molecule has 0 spiro atoms. The molecule has 0 aromatic carbocycles. The van der Waals surface area contributed by atoms with Gasteiger partial charge in [0.2, 0.25) is 0 Å². The zero-order valence-electron chi connectivity index (χ0n) is 4.78. The molecule has 42 valence electrons. The molecule has 1 nitrogen and oxygen atoms in total. The molecule has 0 heterocycles. The van der Waals surface area contributed by atoms with Gasteiger partial charge < -0.3 is 0 Å². The molecular formula is C4H12NRh. The van der Waals surface area contributed by atoms with Crippen LogP contribution in [0, 0.1) is 0 Å². The topological polar surface area (TPSA) is 3.24 Å². The van der Waals surface area contributed by atoms with Gasteiger partial charge in [-0.15, -0.1) is 0 Å². The molecule has 0 saturated heterocycles. The Morgan fingerprint density at radius 1 is 1.17 bits per heavy atom. The zero-order valence-corrected chi connectivity index (χ0v) is 6.42. The van der Waals surface area contributed by atoms with Gasteiger partial charge in [0.25, 0.3) is 0 Å². The Kier molecular flexibility index (Phi) is 2.97. The average molecular weight is 177 g/mol. The van der Waals surface area contributed by atoms with E-state index >= 15 is 0 Å². The molecule has 0 atom stereocenters. The van der Waals surface area contributed by atoms with Crippen LogP contribution in [0.15, 0.2) is 0 Å². The number of hydrogen-bond acceptors (Lipinski definition) is 1. The van der Waals surface area contributed by atoms with Crippen molar-refractivity contribution >= 4 is 0 Å². The molecule has 0 aliphatic heterocycles.